The number of sulfonamides is 1. The van der Waals surface area contributed by atoms with Crippen molar-refractivity contribution in [2.45, 2.75) is 4.90 Å². The van der Waals surface area contributed by atoms with Gasteiger partial charge >= 0.3 is 0 Å². The zero-order chi connectivity index (χ0) is 18.9. The average molecular weight is 384 g/mol. The number of primary amides is 1. The lowest BCUT2D eigenvalue weighted by Crippen LogP contribution is -2.51. The number of rotatable bonds is 4. The molecule has 0 unspecified atom stereocenters. The summed E-state index contributed by atoms with van der Waals surface area (Å²) in [4.78, 5) is 25.2. The van der Waals surface area contributed by atoms with Gasteiger partial charge in [0.1, 0.15) is 30.1 Å². The second-order valence-electron chi connectivity index (χ2n) is 5.93. The predicted molar refractivity (Wildman–Crippen MR) is 89.3 cm³/mol. The third-order valence-corrected chi connectivity index (χ3v) is 6.12. The minimum absolute atomic E-state index is 0.000277. The van der Waals surface area contributed by atoms with Crippen molar-refractivity contribution in [3.05, 3.63) is 30.0 Å². The summed E-state index contributed by atoms with van der Waals surface area (Å²) >= 11 is 0. The fourth-order valence-electron chi connectivity index (χ4n) is 2.84. The number of hydrogen-bond donors (Lipinski definition) is 1. The van der Waals surface area contributed by atoms with Gasteiger partial charge in [0.25, 0.3) is 11.8 Å². The molecule has 1 fully saturated rings. The van der Waals surface area contributed by atoms with Crippen molar-refractivity contribution >= 4 is 21.8 Å². The molecule has 2 amide bonds. The molecule has 2 aliphatic rings. The molecule has 2 aliphatic heterocycles. The molecule has 26 heavy (non-hydrogen) atoms. The number of amides is 2. The molecular formula is C15H20N4O6S. The minimum atomic E-state index is -3.78. The van der Waals surface area contributed by atoms with Crippen LogP contribution >= 0.6 is 0 Å². The minimum Gasteiger partial charge on any atom is -0.494 e. The lowest BCUT2D eigenvalue weighted by atomic mass is 10.3. The van der Waals surface area contributed by atoms with Gasteiger partial charge in [-0.15, -0.1) is 0 Å². The lowest BCUT2D eigenvalue weighted by molar-refractivity contribution is -0.133. The molecule has 0 bridgehead atoms. The Morgan fingerprint density at radius 2 is 1.85 bits per heavy atom. The van der Waals surface area contributed by atoms with Crippen LogP contribution in [0.4, 0.5) is 0 Å². The summed E-state index contributed by atoms with van der Waals surface area (Å²) in [5, 5.41) is 0. The molecule has 11 heteroatoms. The standard InChI is InChI=1S/C15H20N4O6S/c1-17-9-11(8-12(17)14(16)20)26(22,23)19-4-2-18(3-5-19)15(21)13-10-24-6-7-25-13/h8-10H,2-7H2,1H3,(H2,16,20). The second kappa shape index (κ2) is 7.00. The first-order valence-corrected chi connectivity index (χ1v) is 9.45. The third-order valence-electron chi connectivity index (χ3n) is 4.26. The largest absolute Gasteiger partial charge is 0.494 e. The Balaban J connectivity index is 1.69. The molecule has 0 aliphatic carbocycles. The number of nitrogens with zero attached hydrogens (tertiary/aromatic N) is 3. The molecule has 0 atom stereocenters. The number of aryl methyl sites for hydroxylation is 1. The van der Waals surface area contributed by atoms with E-state index >= 15 is 0 Å². The molecule has 0 spiro atoms. The van der Waals surface area contributed by atoms with E-state index in [-0.39, 0.29) is 48.4 Å². The molecule has 3 rings (SSSR count). The van der Waals surface area contributed by atoms with E-state index in [0.717, 1.165) is 0 Å². The Kier molecular flexibility index (Phi) is 4.92. The molecule has 10 nitrogen and oxygen atoms in total. The Morgan fingerprint density at radius 1 is 1.15 bits per heavy atom. The van der Waals surface area contributed by atoms with Crippen LogP contribution in [-0.4, -0.2) is 73.4 Å². The van der Waals surface area contributed by atoms with E-state index < -0.39 is 15.9 Å². The van der Waals surface area contributed by atoms with Crippen molar-refractivity contribution in [3.63, 3.8) is 0 Å². The molecule has 1 aromatic heterocycles. The van der Waals surface area contributed by atoms with Crippen molar-refractivity contribution in [2.24, 2.45) is 12.8 Å². The summed E-state index contributed by atoms with van der Waals surface area (Å²) in [7, 11) is -2.22. The molecule has 0 saturated carbocycles. The first-order valence-electron chi connectivity index (χ1n) is 8.01. The summed E-state index contributed by atoms with van der Waals surface area (Å²) in [6.07, 6.45) is 2.63. The maximum absolute atomic E-state index is 12.8. The Hall–Kier alpha value is -2.53. The highest BCUT2D eigenvalue weighted by Crippen LogP contribution is 2.21. The van der Waals surface area contributed by atoms with Crippen molar-refractivity contribution in [1.29, 1.82) is 0 Å². The molecule has 1 aromatic rings. The van der Waals surface area contributed by atoms with E-state index in [0.29, 0.717) is 13.2 Å². The van der Waals surface area contributed by atoms with Crippen molar-refractivity contribution in [3.8, 4) is 0 Å². The number of hydrogen-bond acceptors (Lipinski definition) is 6. The third kappa shape index (κ3) is 3.40. The van der Waals surface area contributed by atoms with Gasteiger partial charge in [0.15, 0.2) is 0 Å². The van der Waals surface area contributed by atoms with E-state index in [1.165, 1.54) is 32.3 Å². The van der Waals surface area contributed by atoms with Gasteiger partial charge < -0.3 is 24.7 Å². The smallest absolute Gasteiger partial charge is 0.292 e. The summed E-state index contributed by atoms with van der Waals surface area (Å²) < 4.78 is 38.5. The lowest BCUT2D eigenvalue weighted by Gasteiger charge is -2.34. The second-order valence-corrected chi connectivity index (χ2v) is 7.87. The van der Waals surface area contributed by atoms with Gasteiger partial charge in [0.05, 0.1) is 0 Å². The number of ether oxygens (including phenoxy) is 2. The molecule has 3 heterocycles. The van der Waals surface area contributed by atoms with E-state index in [9.17, 15) is 18.0 Å². The fraction of sp³-hybridized carbons (Fsp3) is 0.467. The van der Waals surface area contributed by atoms with E-state index in [2.05, 4.69) is 0 Å². The van der Waals surface area contributed by atoms with E-state index in [4.69, 9.17) is 15.2 Å². The molecular weight excluding hydrogens is 364 g/mol. The Morgan fingerprint density at radius 3 is 2.38 bits per heavy atom. The maximum Gasteiger partial charge on any atom is 0.292 e. The summed E-state index contributed by atoms with van der Waals surface area (Å²) in [5.41, 5.74) is 5.34. The van der Waals surface area contributed by atoms with Gasteiger partial charge in [-0.1, -0.05) is 0 Å². The van der Waals surface area contributed by atoms with Crippen molar-refractivity contribution in [2.75, 3.05) is 39.4 Å². The average Bonchev–Trinajstić information content (AvgIpc) is 3.05. The van der Waals surface area contributed by atoms with Crippen LogP contribution in [0.1, 0.15) is 10.5 Å². The number of carbonyl (C=O) groups excluding carboxylic acids is 2. The normalized spacial score (nSPS) is 18.7. The molecule has 0 radical (unpaired) electrons. The monoisotopic (exact) mass is 384 g/mol. The van der Waals surface area contributed by atoms with Crippen LogP contribution in [0.15, 0.2) is 29.2 Å². The summed E-state index contributed by atoms with van der Waals surface area (Å²) in [6.45, 7) is 1.45. The van der Waals surface area contributed by atoms with Crippen molar-refractivity contribution < 1.29 is 27.5 Å². The van der Waals surface area contributed by atoms with Gasteiger partial charge in [-0.3, -0.25) is 9.59 Å². The van der Waals surface area contributed by atoms with Gasteiger partial charge in [-0.05, 0) is 6.07 Å². The van der Waals surface area contributed by atoms with Crippen molar-refractivity contribution in [1.82, 2.24) is 13.8 Å². The zero-order valence-electron chi connectivity index (χ0n) is 14.3. The zero-order valence-corrected chi connectivity index (χ0v) is 15.1. The van der Waals surface area contributed by atoms with E-state index in [1.807, 2.05) is 0 Å². The molecule has 142 valence electrons. The van der Waals surface area contributed by atoms with Crippen LogP contribution in [0.5, 0.6) is 0 Å². The predicted octanol–water partition coefficient (Wildman–Crippen LogP) is -1.15. The van der Waals surface area contributed by atoms with Crippen LogP contribution in [0.25, 0.3) is 0 Å². The SMILES string of the molecule is Cn1cc(S(=O)(=O)N2CCN(C(=O)C3=COCCO3)CC2)cc1C(N)=O. The van der Waals surface area contributed by atoms with Gasteiger partial charge in [-0.2, -0.15) is 4.31 Å². The quantitative estimate of drug-likeness (QED) is 0.699. The van der Waals surface area contributed by atoms with Gasteiger partial charge in [0, 0.05) is 39.4 Å². The number of carbonyl (C=O) groups is 2. The first kappa shape index (κ1) is 18.3. The maximum atomic E-state index is 12.8. The van der Waals surface area contributed by atoms with Crippen LogP contribution in [0.2, 0.25) is 0 Å². The van der Waals surface area contributed by atoms with Gasteiger partial charge in [-0.25, -0.2) is 8.42 Å². The number of aromatic nitrogens is 1. The Labute approximate surface area is 150 Å². The highest BCUT2D eigenvalue weighted by Gasteiger charge is 2.33. The molecule has 1 saturated heterocycles. The van der Waals surface area contributed by atoms with Gasteiger partial charge in [0.2, 0.25) is 15.8 Å². The summed E-state index contributed by atoms with van der Waals surface area (Å²) in [6, 6.07) is 1.26. The highest BCUT2D eigenvalue weighted by molar-refractivity contribution is 7.89. The number of piperazine rings is 1. The van der Waals surface area contributed by atoms with Crippen LogP contribution in [0.3, 0.4) is 0 Å². The van der Waals surface area contributed by atoms with Crippen LogP contribution in [-0.2, 0) is 31.3 Å². The van der Waals surface area contributed by atoms with Crippen LogP contribution in [0, 0.1) is 0 Å². The number of nitrogens with two attached hydrogens (primary N) is 1. The summed E-state index contributed by atoms with van der Waals surface area (Å²) in [5.74, 6) is -0.897. The molecule has 0 aromatic carbocycles. The van der Waals surface area contributed by atoms with E-state index in [1.54, 1.807) is 7.05 Å². The molecule has 2 N–H and O–H groups in total. The first-order chi connectivity index (χ1) is 12.3. The Bertz CT molecular complexity index is 851. The fourth-order valence-corrected chi connectivity index (χ4v) is 4.33. The topological polar surface area (TPSA) is 124 Å². The van der Waals surface area contributed by atoms with Crippen LogP contribution < -0.4 is 5.73 Å². The highest BCUT2D eigenvalue weighted by atomic mass is 32.2.